The fraction of sp³-hybridized carbons (Fsp3) is 0.344. The third kappa shape index (κ3) is 9.63. The van der Waals surface area contributed by atoms with Crippen molar-refractivity contribution in [1.29, 1.82) is 0 Å². The first-order chi connectivity index (χ1) is 23.9. The number of nitrogens with zero attached hydrogens (tertiary/aromatic N) is 5. The van der Waals surface area contributed by atoms with Gasteiger partial charge >= 0.3 is 18.8 Å². The van der Waals surface area contributed by atoms with Gasteiger partial charge in [-0.2, -0.15) is 22.0 Å². The molecular formula is C32H35F5N8O5. The van der Waals surface area contributed by atoms with E-state index in [-0.39, 0.29) is 23.7 Å². The van der Waals surface area contributed by atoms with Crippen molar-refractivity contribution in [3.05, 3.63) is 72.2 Å². The van der Waals surface area contributed by atoms with Crippen LogP contribution in [-0.4, -0.2) is 113 Å². The summed E-state index contributed by atoms with van der Waals surface area (Å²) < 4.78 is 62.5. The van der Waals surface area contributed by atoms with Crippen LogP contribution in [0.15, 0.2) is 61.1 Å². The van der Waals surface area contributed by atoms with Gasteiger partial charge in [-0.3, -0.25) is 14.0 Å². The van der Waals surface area contributed by atoms with Crippen molar-refractivity contribution < 1.29 is 46.2 Å². The lowest BCUT2D eigenvalue weighted by atomic mass is 10.1. The first kappa shape index (κ1) is 37.5. The standard InChI is InChI=1S/C29H30F2N8O3.C2HF3O.CH4O/c1-18-14-20(4-7-23(18)27(40)37-10-12-38(13-11-37)29(41)36-21-15-32-16-21)35-25-26-34-17-24(39(26)9-8-33-25)19-2-5-22(6-3-19)42-28(30)31;3-2(4,5)1-6;1-2/h2-9,14,17,21,28,32H,10-13,15-16H2,1H3,(H,33,35)(H,36,41);1H;2H,1H3. The largest absolute Gasteiger partial charge is 0.446 e. The highest BCUT2D eigenvalue weighted by Gasteiger charge is 2.28. The predicted molar refractivity (Wildman–Crippen MR) is 172 cm³/mol. The molecule has 2 aliphatic rings. The van der Waals surface area contributed by atoms with Crippen LogP contribution in [0.3, 0.4) is 0 Å². The molecule has 18 heteroatoms. The second-order valence-electron chi connectivity index (χ2n) is 10.9. The molecule has 3 amide bonds. The summed E-state index contributed by atoms with van der Waals surface area (Å²) in [4.78, 5) is 46.9. The lowest BCUT2D eigenvalue weighted by molar-refractivity contribution is -0.156. The number of aldehydes is 1. The maximum Gasteiger partial charge on any atom is 0.446 e. The molecule has 0 radical (unpaired) electrons. The van der Waals surface area contributed by atoms with Gasteiger partial charge < -0.3 is 35.6 Å². The lowest BCUT2D eigenvalue weighted by Crippen LogP contribution is -2.61. The van der Waals surface area contributed by atoms with E-state index in [1.54, 1.807) is 46.6 Å². The number of carbonyl (C=O) groups excluding carboxylic acids is 3. The second kappa shape index (κ2) is 16.8. The zero-order valence-corrected chi connectivity index (χ0v) is 27.0. The number of imidazole rings is 1. The van der Waals surface area contributed by atoms with Crippen molar-refractivity contribution in [3.8, 4) is 17.0 Å². The van der Waals surface area contributed by atoms with Gasteiger partial charge in [0.2, 0.25) is 6.29 Å². The molecule has 4 N–H and O–H groups in total. The molecule has 13 nitrogen and oxygen atoms in total. The number of aliphatic hydroxyl groups is 1. The Kier molecular flexibility index (Phi) is 12.6. The van der Waals surface area contributed by atoms with E-state index < -0.39 is 19.1 Å². The number of hydrogen-bond donors (Lipinski definition) is 4. The fourth-order valence-electron chi connectivity index (χ4n) is 5.09. The molecule has 2 aromatic carbocycles. The average Bonchev–Trinajstić information content (AvgIpc) is 3.52. The molecule has 50 heavy (non-hydrogen) atoms. The van der Waals surface area contributed by atoms with Crippen molar-refractivity contribution in [1.82, 2.24) is 34.8 Å². The molecule has 268 valence electrons. The number of nitrogens with one attached hydrogen (secondary N) is 3. The summed E-state index contributed by atoms with van der Waals surface area (Å²) in [6, 6.07) is 12.0. The van der Waals surface area contributed by atoms with Crippen LogP contribution in [0.25, 0.3) is 16.9 Å². The smallest absolute Gasteiger partial charge is 0.435 e. The monoisotopic (exact) mass is 706 g/mol. The molecule has 0 spiro atoms. The summed E-state index contributed by atoms with van der Waals surface area (Å²) in [5, 5.41) is 16.4. The number of aromatic nitrogens is 3. The number of rotatable bonds is 7. The number of aryl methyl sites for hydroxylation is 1. The van der Waals surface area contributed by atoms with Crippen molar-refractivity contribution in [3.63, 3.8) is 0 Å². The highest BCUT2D eigenvalue weighted by molar-refractivity contribution is 5.96. The number of halogens is 5. The Morgan fingerprint density at radius 3 is 2.22 bits per heavy atom. The molecule has 2 aromatic heterocycles. The third-order valence-corrected chi connectivity index (χ3v) is 7.62. The molecule has 0 atom stereocenters. The number of urea groups is 1. The van der Waals surface area contributed by atoms with Gasteiger partial charge in [-0.1, -0.05) is 0 Å². The van der Waals surface area contributed by atoms with Gasteiger partial charge in [0.15, 0.2) is 11.5 Å². The molecule has 4 heterocycles. The molecular weight excluding hydrogens is 671 g/mol. The summed E-state index contributed by atoms with van der Waals surface area (Å²) in [6.45, 7) is 2.53. The van der Waals surface area contributed by atoms with Gasteiger partial charge in [-0.25, -0.2) is 14.8 Å². The highest BCUT2D eigenvalue weighted by Crippen LogP contribution is 2.28. The number of piperazine rings is 1. The van der Waals surface area contributed by atoms with Crippen LogP contribution in [0.4, 0.5) is 38.3 Å². The molecule has 2 saturated heterocycles. The first-order valence-corrected chi connectivity index (χ1v) is 15.2. The molecule has 0 bridgehead atoms. The van der Waals surface area contributed by atoms with Crippen LogP contribution in [0.5, 0.6) is 5.75 Å². The quantitative estimate of drug-likeness (QED) is 0.166. The summed E-state index contributed by atoms with van der Waals surface area (Å²) >= 11 is 0. The summed E-state index contributed by atoms with van der Waals surface area (Å²) in [5.41, 5.74) is 4.27. The molecule has 6 rings (SSSR count). The molecule has 0 saturated carbocycles. The van der Waals surface area contributed by atoms with E-state index in [9.17, 15) is 31.5 Å². The number of fused-ring (bicyclic) bond motifs is 1. The first-order valence-electron chi connectivity index (χ1n) is 15.2. The number of anilines is 2. The van der Waals surface area contributed by atoms with Gasteiger partial charge in [0, 0.05) is 75.6 Å². The minimum absolute atomic E-state index is 0.0644. The van der Waals surface area contributed by atoms with E-state index in [0.717, 1.165) is 42.7 Å². The maximum atomic E-state index is 13.3. The van der Waals surface area contributed by atoms with Gasteiger partial charge in [0.25, 0.3) is 5.91 Å². The summed E-state index contributed by atoms with van der Waals surface area (Å²) in [6.07, 6.45) is -0.602. The third-order valence-electron chi connectivity index (χ3n) is 7.62. The van der Waals surface area contributed by atoms with Crippen LogP contribution < -0.4 is 20.7 Å². The van der Waals surface area contributed by atoms with Crippen molar-refractivity contribution in [2.24, 2.45) is 0 Å². The number of benzene rings is 2. The number of ether oxygens (including phenoxy) is 1. The van der Waals surface area contributed by atoms with Crippen LogP contribution in [0, 0.1) is 6.92 Å². The van der Waals surface area contributed by atoms with E-state index in [2.05, 4.69) is 30.7 Å². The minimum atomic E-state index is -4.64. The Bertz CT molecular complexity index is 1760. The Hall–Kier alpha value is -5.36. The fourth-order valence-corrected chi connectivity index (χ4v) is 5.09. The van der Waals surface area contributed by atoms with Crippen molar-refractivity contribution in [2.75, 3.05) is 51.7 Å². The average molecular weight is 707 g/mol. The van der Waals surface area contributed by atoms with Crippen LogP contribution in [-0.2, 0) is 4.79 Å². The SMILES string of the molecule is CO.Cc1cc(Nc2nccn3c(-c4ccc(OC(F)F)cc4)cnc23)ccc1C(=O)N1CCN(C(=O)NC2CNC2)CC1.O=CC(F)(F)F. The van der Waals surface area contributed by atoms with Crippen molar-refractivity contribution >= 4 is 35.4 Å². The van der Waals surface area contributed by atoms with E-state index in [4.69, 9.17) is 9.90 Å². The number of alkyl halides is 5. The Morgan fingerprint density at radius 2 is 1.66 bits per heavy atom. The number of aliphatic hydroxyl groups excluding tert-OH is 1. The highest BCUT2D eigenvalue weighted by atomic mass is 19.4. The van der Waals surface area contributed by atoms with Gasteiger partial charge in [0.1, 0.15) is 5.75 Å². The van der Waals surface area contributed by atoms with E-state index in [0.29, 0.717) is 43.2 Å². The zero-order valence-electron chi connectivity index (χ0n) is 27.0. The van der Waals surface area contributed by atoms with E-state index in [1.165, 1.54) is 12.1 Å². The lowest BCUT2D eigenvalue weighted by Gasteiger charge is -2.37. The molecule has 0 unspecified atom stereocenters. The van der Waals surface area contributed by atoms with Gasteiger partial charge in [0.05, 0.1) is 17.9 Å². The Balaban J connectivity index is 0.000000637. The van der Waals surface area contributed by atoms with Crippen LogP contribution in [0.1, 0.15) is 15.9 Å². The Morgan fingerprint density at radius 1 is 1.02 bits per heavy atom. The van der Waals surface area contributed by atoms with E-state index in [1.807, 2.05) is 23.5 Å². The predicted octanol–water partition coefficient (Wildman–Crippen LogP) is 3.85. The Labute approximate surface area is 283 Å². The molecule has 2 fully saturated rings. The van der Waals surface area contributed by atoms with Gasteiger partial charge in [-0.15, -0.1) is 0 Å². The van der Waals surface area contributed by atoms with Crippen molar-refractivity contribution in [2.45, 2.75) is 25.8 Å². The van der Waals surface area contributed by atoms with Crippen LogP contribution >= 0.6 is 0 Å². The zero-order chi connectivity index (χ0) is 36.4. The minimum Gasteiger partial charge on any atom is -0.435 e. The summed E-state index contributed by atoms with van der Waals surface area (Å²) in [7, 11) is 1.00. The number of amides is 3. The number of hydrogen-bond acceptors (Lipinski definition) is 9. The topological polar surface area (TPSA) is 153 Å². The summed E-state index contributed by atoms with van der Waals surface area (Å²) in [5.74, 6) is 0.535. The normalized spacial score (nSPS) is 14.5. The second-order valence-corrected chi connectivity index (χ2v) is 10.9. The van der Waals surface area contributed by atoms with Gasteiger partial charge in [-0.05, 0) is 55.0 Å². The van der Waals surface area contributed by atoms with Crippen LogP contribution in [0.2, 0.25) is 0 Å². The number of carbonyl (C=O) groups is 3. The van der Waals surface area contributed by atoms with E-state index >= 15 is 0 Å². The molecule has 0 aliphatic carbocycles. The maximum absolute atomic E-state index is 13.3. The molecule has 4 aromatic rings. The molecule has 2 aliphatic heterocycles.